The summed E-state index contributed by atoms with van der Waals surface area (Å²) in [5, 5.41) is 13.6. The third kappa shape index (κ3) is 3.67. The van der Waals surface area contributed by atoms with Gasteiger partial charge >= 0.3 is 0 Å². The first-order chi connectivity index (χ1) is 9.60. The van der Waals surface area contributed by atoms with Gasteiger partial charge in [0, 0.05) is 7.05 Å². The van der Waals surface area contributed by atoms with E-state index < -0.39 is 0 Å². The van der Waals surface area contributed by atoms with E-state index in [0.29, 0.717) is 15.2 Å². The van der Waals surface area contributed by atoms with Crippen molar-refractivity contribution in [2.24, 2.45) is 0 Å². The van der Waals surface area contributed by atoms with Gasteiger partial charge in [0.1, 0.15) is 5.82 Å². The fourth-order valence-electron chi connectivity index (χ4n) is 1.39. The van der Waals surface area contributed by atoms with E-state index in [2.05, 4.69) is 20.8 Å². The Morgan fingerprint density at radius 1 is 1.40 bits per heavy atom. The summed E-state index contributed by atoms with van der Waals surface area (Å²) in [6.45, 7) is 1.79. The zero-order valence-corrected chi connectivity index (χ0v) is 12.5. The topological polar surface area (TPSA) is 66.9 Å². The fourth-order valence-corrected chi connectivity index (χ4v) is 3.36. The zero-order chi connectivity index (χ0) is 14.5. The number of rotatable bonds is 5. The van der Waals surface area contributed by atoms with Gasteiger partial charge in [-0.2, -0.15) is 0 Å². The normalized spacial score (nSPS) is 11.9. The summed E-state index contributed by atoms with van der Waals surface area (Å²) in [5.74, 6) is -0.426. The lowest BCUT2D eigenvalue weighted by molar-refractivity contribution is -0.119. The Balaban J connectivity index is 2.03. The van der Waals surface area contributed by atoms with Gasteiger partial charge in [0.15, 0.2) is 4.34 Å². The quantitative estimate of drug-likeness (QED) is 0.831. The average Bonchev–Trinajstić information content (AvgIpc) is 2.87. The molecule has 0 aliphatic heterocycles. The number of hydrogen-bond acceptors (Lipinski definition) is 6. The number of carbonyl (C=O) groups is 1. The van der Waals surface area contributed by atoms with Crippen molar-refractivity contribution in [3.63, 3.8) is 0 Å². The van der Waals surface area contributed by atoms with Crippen LogP contribution in [-0.2, 0) is 4.79 Å². The maximum atomic E-state index is 13.5. The van der Waals surface area contributed by atoms with Gasteiger partial charge in [0.25, 0.3) is 0 Å². The van der Waals surface area contributed by atoms with Crippen molar-refractivity contribution < 1.29 is 9.18 Å². The van der Waals surface area contributed by atoms with Crippen LogP contribution in [0.4, 0.5) is 15.2 Å². The first-order valence-corrected chi connectivity index (χ1v) is 7.53. The molecule has 1 heterocycles. The average molecular weight is 312 g/mol. The maximum absolute atomic E-state index is 13.5. The highest BCUT2D eigenvalue weighted by Crippen LogP contribution is 2.30. The molecule has 1 aromatic carbocycles. The zero-order valence-electron chi connectivity index (χ0n) is 10.9. The van der Waals surface area contributed by atoms with E-state index in [9.17, 15) is 9.18 Å². The van der Waals surface area contributed by atoms with E-state index in [4.69, 9.17) is 0 Å². The molecule has 0 saturated carbocycles. The Kier molecular flexibility index (Phi) is 4.91. The Labute approximate surface area is 124 Å². The summed E-state index contributed by atoms with van der Waals surface area (Å²) in [4.78, 5) is 11.4. The molecule has 2 aromatic rings. The van der Waals surface area contributed by atoms with Crippen LogP contribution in [0.15, 0.2) is 28.6 Å². The second-order valence-corrected chi connectivity index (χ2v) is 6.42. The number of carbonyl (C=O) groups excluding carboxylic acids is 1. The van der Waals surface area contributed by atoms with Gasteiger partial charge in [-0.1, -0.05) is 35.2 Å². The number of aromatic nitrogens is 2. The van der Waals surface area contributed by atoms with Gasteiger partial charge in [0.2, 0.25) is 11.0 Å². The molecule has 20 heavy (non-hydrogen) atoms. The largest absolute Gasteiger partial charge is 0.358 e. The van der Waals surface area contributed by atoms with Crippen molar-refractivity contribution in [1.29, 1.82) is 0 Å². The molecule has 1 unspecified atom stereocenters. The lowest BCUT2D eigenvalue weighted by Crippen LogP contribution is -2.27. The van der Waals surface area contributed by atoms with Crippen LogP contribution < -0.4 is 10.6 Å². The molecule has 2 N–H and O–H groups in total. The number of para-hydroxylation sites is 1. The molecule has 1 aromatic heterocycles. The van der Waals surface area contributed by atoms with Crippen molar-refractivity contribution in [2.75, 3.05) is 12.4 Å². The van der Waals surface area contributed by atoms with Gasteiger partial charge < -0.3 is 10.6 Å². The number of hydrogen-bond donors (Lipinski definition) is 2. The number of nitrogens with one attached hydrogen (secondary N) is 2. The second-order valence-electron chi connectivity index (χ2n) is 3.85. The number of benzene rings is 1. The van der Waals surface area contributed by atoms with Crippen molar-refractivity contribution in [3.8, 4) is 0 Å². The maximum Gasteiger partial charge on any atom is 0.233 e. The van der Waals surface area contributed by atoms with E-state index in [1.165, 1.54) is 29.2 Å². The van der Waals surface area contributed by atoms with Crippen LogP contribution >= 0.6 is 23.1 Å². The number of thioether (sulfide) groups is 1. The molecular formula is C12H13FN4OS2. The summed E-state index contributed by atoms with van der Waals surface area (Å²) in [6.07, 6.45) is 0. The van der Waals surface area contributed by atoms with Gasteiger partial charge in [-0.25, -0.2) is 4.39 Å². The molecule has 8 heteroatoms. The molecule has 2 rings (SSSR count). The van der Waals surface area contributed by atoms with Crippen LogP contribution in [0.1, 0.15) is 6.92 Å². The SMILES string of the molecule is CNC(=O)C(C)Sc1nnc(Nc2ccccc2F)s1. The molecule has 0 fully saturated rings. The van der Waals surface area contributed by atoms with Gasteiger partial charge in [-0.05, 0) is 19.1 Å². The Hall–Kier alpha value is -1.67. The molecule has 0 saturated heterocycles. The van der Waals surface area contributed by atoms with E-state index in [1.807, 2.05) is 0 Å². The highest BCUT2D eigenvalue weighted by molar-refractivity contribution is 8.02. The van der Waals surface area contributed by atoms with Gasteiger partial charge in [0.05, 0.1) is 10.9 Å². The van der Waals surface area contributed by atoms with Crippen LogP contribution in [-0.4, -0.2) is 28.4 Å². The molecule has 0 aliphatic rings. The Morgan fingerprint density at radius 2 is 2.15 bits per heavy atom. The monoisotopic (exact) mass is 312 g/mol. The summed E-state index contributed by atoms with van der Waals surface area (Å²) >= 11 is 2.59. The second kappa shape index (κ2) is 6.67. The molecule has 0 aliphatic carbocycles. The molecule has 0 spiro atoms. The number of halogens is 1. The molecule has 0 bridgehead atoms. The van der Waals surface area contributed by atoms with Crippen molar-refractivity contribution >= 4 is 39.8 Å². The third-order valence-corrected chi connectivity index (χ3v) is 4.44. The molecule has 0 radical (unpaired) electrons. The summed E-state index contributed by atoms with van der Waals surface area (Å²) in [7, 11) is 1.59. The Bertz CT molecular complexity index is 605. The number of anilines is 2. The van der Waals surface area contributed by atoms with E-state index >= 15 is 0 Å². The third-order valence-electron chi connectivity index (χ3n) is 2.42. The minimum atomic E-state index is -0.351. The van der Waals surface area contributed by atoms with Crippen molar-refractivity contribution in [2.45, 2.75) is 16.5 Å². The van der Waals surface area contributed by atoms with Crippen LogP contribution in [0.2, 0.25) is 0 Å². The molecule has 5 nitrogen and oxygen atoms in total. The standard InChI is InChI=1S/C12H13FN4OS2/c1-7(10(18)14-2)19-12-17-16-11(20-12)15-9-6-4-3-5-8(9)13/h3-7H,1-2H3,(H,14,18)(H,15,16). The highest BCUT2D eigenvalue weighted by atomic mass is 32.2. The fraction of sp³-hybridized carbons (Fsp3) is 0.250. The first-order valence-electron chi connectivity index (χ1n) is 5.83. The van der Waals surface area contributed by atoms with E-state index in [0.717, 1.165) is 0 Å². The summed E-state index contributed by atoms with van der Waals surface area (Å²) in [6, 6.07) is 6.34. The minimum absolute atomic E-state index is 0.0752. The van der Waals surface area contributed by atoms with Gasteiger partial charge in [-0.15, -0.1) is 10.2 Å². The molecular weight excluding hydrogens is 299 g/mol. The van der Waals surface area contributed by atoms with Crippen LogP contribution in [0, 0.1) is 5.82 Å². The number of nitrogens with zero attached hydrogens (tertiary/aromatic N) is 2. The van der Waals surface area contributed by atoms with Crippen molar-refractivity contribution in [3.05, 3.63) is 30.1 Å². The lowest BCUT2D eigenvalue weighted by atomic mass is 10.3. The Morgan fingerprint density at radius 3 is 2.85 bits per heavy atom. The summed E-state index contributed by atoms with van der Waals surface area (Å²) < 4.78 is 14.1. The minimum Gasteiger partial charge on any atom is -0.358 e. The predicted octanol–water partition coefficient (Wildman–Crippen LogP) is 2.65. The number of amides is 1. The predicted molar refractivity (Wildman–Crippen MR) is 79.0 cm³/mol. The smallest absolute Gasteiger partial charge is 0.233 e. The first kappa shape index (κ1) is 14.7. The molecule has 1 atom stereocenters. The molecule has 1 amide bonds. The highest BCUT2D eigenvalue weighted by Gasteiger charge is 2.16. The van der Waals surface area contributed by atoms with Crippen molar-refractivity contribution in [1.82, 2.24) is 15.5 Å². The summed E-state index contributed by atoms with van der Waals surface area (Å²) in [5.41, 5.74) is 0.347. The molecule has 106 valence electrons. The van der Waals surface area contributed by atoms with E-state index in [-0.39, 0.29) is 17.0 Å². The van der Waals surface area contributed by atoms with Crippen LogP contribution in [0.3, 0.4) is 0 Å². The lowest BCUT2D eigenvalue weighted by Gasteiger charge is -2.05. The van der Waals surface area contributed by atoms with Crippen LogP contribution in [0.25, 0.3) is 0 Å². The van der Waals surface area contributed by atoms with E-state index in [1.54, 1.807) is 32.2 Å². The van der Waals surface area contributed by atoms with Crippen LogP contribution in [0.5, 0.6) is 0 Å². The van der Waals surface area contributed by atoms with Gasteiger partial charge in [-0.3, -0.25) is 4.79 Å².